The number of hydrogen-bond donors (Lipinski definition) is 0. The van der Waals surface area contributed by atoms with Gasteiger partial charge in [0.25, 0.3) is 0 Å². The molecule has 0 aliphatic carbocycles. The van der Waals surface area contributed by atoms with Crippen LogP contribution in [0.2, 0.25) is 0 Å². The molecule has 0 radical (unpaired) electrons. The van der Waals surface area contributed by atoms with E-state index in [0.29, 0.717) is 0 Å². The van der Waals surface area contributed by atoms with Gasteiger partial charge < -0.3 is 4.74 Å². The molecule has 22 heavy (non-hydrogen) atoms. The molecule has 0 aromatic rings. The van der Waals surface area contributed by atoms with E-state index < -0.39 is 45.6 Å². The molecule has 0 spiro atoms. The second-order valence-electron chi connectivity index (χ2n) is 5.06. The number of alkyl halides is 5. The van der Waals surface area contributed by atoms with Crippen molar-refractivity contribution in [2.24, 2.45) is 0 Å². The van der Waals surface area contributed by atoms with E-state index in [-0.39, 0.29) is 32.1 Å². The van der Waals surface area contributed by atoms with Gasteiger partial charge in [-0.05, 0) is 19.3 Å². The van der Waals surface area contributed by atoms with Gasteiger partial charge in [0.1, 0.15) is 0 Å². The highest BCUT2D eigenvalue weighted by molar-refractivity contribution is 7.92. The van der Waals surface area contributed by atoms with E-state index in [1.807, 2.05) is 0 Å². The van der Waals surface area contributed by atoms with Crippen LogP contribution in [0.15, 0.2) is 0 Å². The van der Waals surface area contributed by atoms with Crippen LogP contribution in [0.3, 0.4) is 0 Å². The summed E-state index contributed by atoms with van der Waals surface area (Å²) in [6.07, 6.45) is -1.30. The first-order chi connectivity index (χ1) is 10.0. The Balaban J connectivity index is 2.89. The number of ether oxygens (including phenoxy) is 1. The predicted molar refractivity (Wildman–Crippen MR) is 66.8 cm³/mol. The molecule has 0 aromatic heterocycles. The maximum Gasteiger partial charge on any atom is 0.408 e. The van der Waals surface area contributed by atoms with Gasteiger partial charge in [-0.2, -0.15) is 27.2 Å². The Bertz CT molecular complexity index is 531. The number of sulfone groups is 1. The highest BCUT2D eigenvalue weighted by Crippen LogP contribution is 2.52. The minimum Gasteiger partial charge on any atom is -0.336 e. The van der Waals surface area contributed by atoms with E-state index in [1.54, 1.807) is 6.07 Å². The first kappa shape index (κ1) is 19.1. The number of nitrogens with zero attached hydrogens (tertiary/aromatic N) is 1. The lowest BCUT2D eigenvalue weighted by Crippen LogP contribution is -2.64. The molecule has 1 atom stereocenters. The van der Waals surface area contributed by atoms with E-state index in [1.165, 1.54) is 0 Å². The zero-order valence-corrected chi connectivity index (χ0v) is 12.4. The maximum atomic E-state index is 14.1. The standard InChI is InChI=1S/C12H16F5NO3S/c13-10(14)6-5-8-21-11(10,15)12(16,17)22(19,20)9-4-2-1-3-7-18/h1-6,8-9H2. The van der Waals surface area contributed by atoms with Crippen molar-refractivity contribution in [3.8, 4) is 6.07 Å². The molecule has 0 saturated carbocycles. The first-order valence-corrected chi connectivity index (χ1v) is 8.35. The lowest BCUT2D eigenvalue weighted by atomic mass is 10.0. The number of halogens is 5. The van der Waals surface area contributed by atoms with Crippen molar-refractivity contribution in [2.45, 2.75) is 55.6 Å². The zero-order valence-electron chi connectivity index (χ0n) is 11.6. The van der Waals surface area contributed by atoms with Gasteiger partial charge in [-0.1, -0.05) is 6.42 Å². The highest BCUT2D eigenvalue weighted by atomic mass is 32.2. The Morgan fingerprint density at radius 1 is 1.18 bits per heavy atom. The summed E-state index contributed by atoms with van der Waals surface area (Å²) >= 11 is 0. The molecular formula is C12H16F5NO3S. The van der Waals surface area contributed by atoms with Crippen molar-refractivity contribution in [1.82, 2.24) is 0 Å². The molecular weight excluding hydrogens is 333 g/mol. The normalized spacial score (nSPS) is 25.6. The maximum absolute atomic E-state index is 14.1. The Morgan fingerprint density at radius 2 is 1.82 bits per heavy atom. The van der Waals surface area contributed by atoms with Crippen molar-refractivity contribution < 1.29 is 35.1 Å². The Hall–Kier alpha value is -0.950. The van der Waals surface area contributed by atoms with Gasteiger partial charge in [0.05, 0.1) is 18.4 Å². The molecule has 1 fully saturated rings. The minimum absolute atomic E-state index is 0.116. The van der Waals surface area contributed by atoms with E-state index in [0.717, 1.165) is 0 Å². The van der Waals surface area contributed by atoms with Crippen LogP contribution in [0.5, 0.6) is 0 Å². The molecule has 0 amide bonds. The fourth-order valence-corrected chi connectivity index (χ4v) is 3.52. The monoisotopic (exact) mass is 349 g/mol. The molecule has 1 rings (SSSR count). The number of unbranched alkanes of at least 4 members (excludes halogenated alkanes) is 3. The van der Waals surface area contributed by atoms with E-state index >= 15 is 0 Å². The quantitative estimate of drug-likeness (QED) is 0.523. The largest absolute Gasteiger partial charge is 0.408 e. The first-order valence-electron chi connectivity index (χ1n) is 6.69. The molecule has 0 N–H and O–H groups in total. The zero-order chi connectivity index (χ0) is 17.1. The SMILES string of the molecule is N#CCCCCCS(=O)(=O)C(F)(F)C1(F)OCCCC1(F)F. The van der Waals surface area contributed by atoms with E-state index in [2.05, 4.69) is 4.74 Å². The summed E-state index contributed by atoms with van der Waals surface area (Å²) in [5.41, 5.74) is 0. The molecule has 1 saturated heterocycles. The van der Waals surface area contributed by atoms with Crippen LogP contribution in [0.4, 0.5) is 22.0 Å². The molecule has 1 heterocycles. The van der Waals surface area contributed by atoms with Crippen LogP contribution in [0.1, 0.15) is 38.5 Å². The van der Waals surface area contributed by atoms with Gasteiger partial charge in [0, 0.05) is 12.8 Å². The number of hydrogen-bond acceptors (Lipinski definition) is 4. The summed E-state index contributed by atoms with van der Waals surface area (Å²) in [4.78, 5) is 0. The summed E-state index contributed by atoms with van der Waals surface area (Å²) in [6.45, 7) is -0.709. The summed E-state index contributed by atoms with van der Waals surface area (Å²) in [7, 11) is -5.47. The topological polar surface area (TPSA) is 67.2 Å². The third-order valence-corrected chi connectivity index (χ3v) is 5.24. The van der Waals surface area contributed by atoms with Crippen molar-refractivity contribution in [1.29, 1.82) is 5.26 Å². The predicted octanol–water partition coefficient (Wildman–Crippen LogP) is 3.19. The summed E-state index contributed by atoms with van der Waals surface area (Å²) in [5, 5.41) is 2.93. The van der Waals surface area contributed by atoms with Gasteiger partial charge in [-0.25, -0.2) is 8.42 Å². The molecule has 128 valence electrons. The molecule has 1 aliphatic heterocycles. The Morgan fingerprint density at radius 3 is 2.36 bits per heavy atom. The van der Waals surface area contributed by atoms with Crippen molar-refractivity contribution >= 4 is 9.84 Å². The molecule has 0 bridgehead atoms. The molecule has 4 nitrogen and oxygen atoms in total. The Labute approximate surface area is 125 Å². The van der Waals surface area contributed by atoms with E-state index in [9.17, 15) is 30.4 Å². The minimum atomic E-state index is -5.47. The van der Waals surface area contributed by atoms with Crippen LogP contribution < -0.4 is 0 Å². The van der Waals surface area contributed by atoms with Crippen LogP contribution in [-0.4, -0.2) is 37.8 Å². The van der Waals surface area contributed by atoms with Crippen LogP contribution in [0, 0.1) is 11.3 Å². The summed E-state index contributed by atoms with van der Waals surface area (Å²) in [6, 6.07) is 1.79. The van der Waals surface area contributed by atoms with Crippen LogP contribution >= 0.6 is 0 Å². The summed E-state index contributed by atoms with van der Waals surface area (Å²) < 4.78 is 96.0. The van der Waals surface area contributed by atoms with Crippen molar-refractivity contribution in [2.75, 3.05) is 12.4 Å². The van der Waals surface area contributed by atoms with Gasteiger partial charge in [0.15, 0.2) is 0 Å². The molecule has 10 heteroatoms. The van der Waals surface area contributed by atoms with Crippen molar-refractivity contribution in [3.05, 3.63) is 0 Å². The molecule has 1 unspecified atom stereocenters. The third-order valence-electron chi connectivity index (χ3n) is 3.37. The smallest absolute Gasteiger partial charge is 0.336 e. The van der Waals surface area contributed by atoms with Crippen LogP contribution in [-0.2, 0) is 14.6 Å². The Kier molecular flexibility index (Phi) is 5.78. The second kappa shape index (κ2) is 6.66. The lowest BCUT2D eigenvalue weighted by molar-refractivity contribution is -0.356. The fraction of sp³-hybridized carbons (Fsp3) is 0.917. The average Bonchev–Trinajstić information content (AvgIpc) is 2.41. The van der Waals surface area contributed by atoms with Crippen LogP contribution in [0.25, 0.3) is 0 Å². The highest BCUT2D eigenvalue weighted by Gasteiger charge is 2.77. The summed E-state index contributed by atoms with van der Waals surface area (Å²) in [5.74, 6) is -10.6. The number of nitriles is 1. The molecule has 1 aliphatic rings. The fourth-order valence-electron chi connectivity index (χ4n) is 2.07. The van der Waals surface area contributed by atoms with Gasteiger partial charge in [0.2, 0.25) is 9.84 Å². The van der Waals surface area contributed by atoms with Crippen molar-refractivity contribution in [3.63, 3.8) is 0 Å². The van der Waals surface area contributed by atoms with Gasteiger partial charge in [-0.15, -0.1) is 0 Å². The third kappa shape index (κ3) is 3.35. The average molecular weight is 349 g/mol. The lowest BCUT2D eigenvalue weighted by Gasteiger charge is -2.40. The molecule has 0 aromatic carbocycles. The number of rotatable bonds is 7. The van der Waals surface area contributed by atoms with E-state index in [4.69, 9.17) is 5.26 Å². The van der Waals surface area contributed by atoms with Gasteiger partial charge in [-0.3, -0.25) is 0 Å². The van der Waals surface area contributed by atoms with Gasteiger partial charge >= 0.3 is 17.0 Å². The second-order valence-corrected chi connectivity index (χ2v) is 7.21.